The van der Waals surface area contributed by atoms with E-state index in [1.165, 1.54) is 56.3 Å². The minimum absolute atomic E-state index is 0.0450. The Balaban J connectivity index is 1.47. The predicted octanol–water partition coefficient (Wildman–Crippen LogP) is 6.31. The molecule has 0 N–H and O–H groups in total. The molecule has 1 aromatic rings. The molecule has 0 aliphatic heterocycles. The van der Waals surface area contributed by atoms with E-state index in [4.69, 9.17) is 4.74 Å². The average Bonchev–Trinajstić information content (AvgIpc) is 3.26. The molecule has 2 aliphatic rings. The number of hydrogen-bond acceptors (Lipinski definition) is 4. The summed E-state index contributed by atoms with van der Waals surface area (Å²) in [6, 6.07) is 0.436. The molecule has 0 bridgehead atoms. The SMILES string of the molecule is CCCCCCC(CC)C(=O)OCC1C2CCc3nnn(C(C)CCCC)c3CCC21. The Bertz CT molecular complexity index is 686. The molecule has 3 rings (SSSR count). The lowest BCUT2D eigenvalue weighted by atomic mass is 9.98. The highest BCUT2D eigenvalue weighted by atomic mass is 16.5. The summed E-state index contributed by atoms with van der Waals surface area (Å²) >= 11 is 0. The van der Waals surface area contributed by atoms with Crippen LogP contribution in [0.5, 0.6) is 0 Å². The van der Waals surface area contributed by atoms with Gasteiger partial charge in [-0.3, -0.25) is 4.79 Å². The maximum atomic E-state index is 12.6. The highest BCUT2D eigenvalue weighted by Crippen LogP contribution is 2.53. The molecule has 5 nitrogen and oxygen atoms in total. The molecule has 0 radical (unpaired) electrons. The molecule has 0 spiro atoms. The number of aromatic nitrogens is 3. The predicted molar refractivity (Wildman–Crippen MR) is 125 cm³/mol. The third-order valence-corrected chi connectivity index (χ3v) is 7.85. The zero-order valence-corrected chi connectivity index (χ0v) is 20.4. The molecule has 2 aliphatic carbocycles. The Morgan fingerprint density at radius 3 is 2.48 bits per heavy atom. The lowest BCUT2D eigenvalue weighted by Crippen LogP contribution is -2.19. The number of esters is 1. The van der Waals surface area contributed by atoms with Gasteiger partial charge < -0.3 is 4.74 Å². The Labute approximate surface area is 189 Å². The Morgan fingerprint density at radius 1 is 1.03 bits per heavy atom. The van der Waals surface area contributed by atoms with E-state index in [0.29, 0.717) is 30.4 Å². The number of rotatable bonds is 13. The molecule has 5 unspecified atom stereocenters. The molecule has 0 saturated heterocycles. The summed E-state index contributed by atoms with van der Waals surface area (Å²) in [5, 5.41) is 9.06. The molecule has 1 heterocycles. The lowest BCUT2D eigenvalue weighted by molar-refractivity contribution is -0.149. The number of aryl methyl sites for hydroxylation is 1. The maximum absolute atomic E-state index is 12.6. The van der Waals surface area contributed by atoms with Crippen molar-refractivity contribution < 1.29 is 9.53 Å². The largest absolute Gasteiger partial charge is 0.465 e. The fourth-order valence-corrected chi connectivity index (χ4v) is 5.61. The first-order chi connectivity index (χ1) is 15.1. The first-order valence-electron chi connectivity index (χ1n) is 13.2. The van der Waals surface area contributed by atoms with E-state index in [1.807, 2.05) is 0 Å². The van der Waals surface area contributed by atoms with Crippen molar-refractivity contribution in [3.8, 4) is 0 Å². The van der Waals surface area contributed by atoms with Crippen LogP contribution in [0.3, 0.4) is 0 Å². The van der Waals surface area contributed by atoms with E-state index in [-0.39, 0.29) is 11.9 Å². The van der Waals surface area contributed by atoms with Crippen molar-refractivity contribution in [1.29, 1.82) is 0 Å². The monoisotopic (exact) mass is 431 g/mol. The van der Waals surface area contributed by atoms with Gasteiger partial charge in [-0.2, -0.15) is 0 Å². The van der Waals surface area contributed by atoms with Crippen LogP contribution in [0.15, 0.2) is 0 Å². The highest BCUT2D eigenvalue weighted by Gasteiger charge is 2.50. The maximum Gasteiger partial charge on any atom is 0.308 e. The number of ether oxygens (including phenoxy) is 1. The number of hydrogen-bond donors (Lipinski definition) is 0. The van der Waals surface area contributed by atoms with Gasteiger partial charge >= 0.3 is 5.97 Å². The lowest BCUT2D eigenvalue weighted by Gasteiger charge is -2.16. The zero-order chi connectivity index (χ0) is 22.2. The quantitative estimate of drug-likeness (QED) is 0.271. The van der Waals surface area contributed by atoms with Crippen molar-refractivity contribution in [2.24, 2.45) is 23.7 Å². The molecule has 0 aromatic carbocycles. The van der Waals surface area contributed by atoms with Crippen LogP contribution < -0.4 is 0 Å². The normalized spacial score (nSPS) is 24.5. The van der Waals surface area contributed by atoms with Crippen LogP contribution >= 0.6 is 0 Å². The highest BCUT2D eigenvalue weighted by molar-refractivity contribution is 5.72. The first kappa shape index (κ1) is 24.3. The second-order valence-corrected chi connectivity index (χ2v) is 10.1. The smallest absolute Gasteiger partial charge is 0.308 e. The van der Waals surface area contributed by atoms with Crippen LogP contribution in [-0.4, -0.2) is 27.6 Å². The summed E-state index contributed by atoms with van der Waals surface area (Å²) in [6.45, 7) is 9.49. The van der Waals surface area contributed by atoms with Gasteiger partial charge in [0.25, 0.3) is 0 Å². The second kappa shape index (κ2) is 12.0. The summed E-state index contributed by atoms with van der Waals surface area (Å²) in [5.74, 6) is 2.11. The van der Waals surface area contributed by atoms with Crippen molar-refractivity contribution >= 4 is 5.97 Å². The molecule has 176 valence electrons. The number of unbranched alkanes of at least 4 members (excludes halogenated alkanes) is 4. The summed E-state index contributed by atoms with van der Waals surface area (Å²) in [7, 11) is 0. The minimum atomic E-state index is 0.0450. The third-order valence-electron chi connectivity index (χ3n) is 7.85. The second-order valence-electron chi connectivity index (χ2n) is 10.1. The van der Waals surface area contributed by atoms with Gasteiger partial charge in [0, 0.05) is 0 Å². The minimum Gasteiger partial charge on any atom is -0.465 e. The van der Waals surface area contributed by atoms with Crippen LogP contribution in [0, 0.1) is 23.7 Å². The summed E-state index contributed by atoms with van der Waals surface area (Å²) in [5.41, 5.74) is 2.57. The fraction of sp³-hybridized carbons (Fsp3) is 0.885. The average molecular weight is 432 g/mol. The zero-order valence-electron chi connectivity index (χ0n) is 20.4. The van der Waals surface area contributed by atoms with E-state index in [0.717, 1.165) is 38.5 Å². The summed E-state index contributed by atoms with van der Waals surface area (Å²) in [4.78, 5) is 12.6. The Kier molecular flexibility index (Phi) is 9.40. The number of carbonyl (C=O) groups excluding carboxylic acids is 1. The van der Waals surface area contributed by atoms with Gasteiger partial charge in [-0.1, -0.05) is 64.5 Å². The summed E-state index contributed by atoms with van der Waals surface area (Å²) < 4.78 is 8.04. The Hall–Kier alpha value is -1.39. The molecule has 1 saturated carbocycles. The van der Waals surface area contributed by atoms with Gasteiger partial charge in [0.15, 0.2) is 0 Å². The van der Waals surface area contributed by atoms with Crippen molar-refractivity contribution in [3.63, 3.8) is 0 Å². The van der Waals surface area contributed by atoms with Gasteiger partial charge in [0.2, 0.25) is 0 Å². The van der Waals surface area contributed by atoms with Gasteiger partial charge in [-0.25, -0.2) is 4.68 Å². The van der Waals surface area contributed by atoms with Crippen molar-refractivity contribution in [1.82, 2.24) is 15.0 Å². The molecule has 0 amide bonds. The van der Waals surface area contributed by atoms with E-state index in [2.05, 4.69) is 42.7 Å². The standard InChI is InChI=1S/C26H45N3O2/c1-5-8-10-11-13-20(7-3)26(30)31-18-23-21-14-16-24-25(17-15-22(21)23)29(28-27-24)19(4)12-9-6-2/h19-23H,5-18H2,1-4H3. The van der Waals surface area contributed by atoms with E-state index >= 15 is 0 Å². The number of nitrogens with zero attached hydrogens (tertiary/aromatic N) is 3. The van der Waals surface area contributed by atoms with Crippen LogP contribution in [0.1, 0.15) is 116 Å². The van der Waals surface area contributed by atoms with Crippen LogP contribution in [0.25, 0.3) is 0 Å². The molecule has 1 aromatic heterocycles. The molecular formula is C26H45N3O2. The van der Waals surface area contributed by atoms with E-state index < -0.39 is 0 Å². The van der Waals surface area contributed by atoms with E-state index in [1.54, 1.807) is 0 Å². The van der Waals surface area contributed by atoms with Crippen molar-refractivity contribution in [3.05, 3.63) is 11.4 Å². The van der Waals surface area contributed by atoms with Gasteiger partial charge in [-0.15, -0.1) is 5.10 Å². The Morgan fingerprint density at radius 2 is 1.77 bits per heavy atom. The van der Waals surface area contributed by atoms with Gasteiger partial charge in [0.05, 0.1) is 30.0 Å². The number of carbonyl (C=O) groups is 1. The van der Waals surface area contributed by atoms with Crippen molar-refractivity contribution in [2.75, 3.05) is 6.61 Å². The van der Waals surface area contributed by atoms with Crippen molar-refractivity contribution in [2.45, 2.75) is 117 Å². The fourth-order valence-electron chi connectivity index (χ4n) is 5.61. The third kappa shape index (κ3) is 6.32. The molecule has 5 atom stereocenters. The molecule has 5 heteroatoms. The topological polar surface area (TPSA) is 57.0 Å². The first-order valence-corrected chi connectivity index (χ1v) is 13.2. The van der Waals surface area contributed by atoms with Crippen LogP contribution in [0.2, 0.25) is 0 Å². The van der Waals surface area contributed by atoms with Gasteiger partial charge in [0.1, 0.15) is 0 Å². The number of fused-ring (bicyclic) bond motifs is 2. The summed E-state index contributed by atoms with van der Waals surface area (Å²) in [6.07, 6.45) is 14.8. The van der Waals surface area contributed by atoms with Gasteiger partial charge in [-0.05, 0) is 69.6 Å². The molecule has 31 heavy (non-hydrogen) atoms. The van der Waals surface area contributed by atoms with Crippen LogP contribution in [-0.2, 0) is 22.4 Å². The molecule has 1 fully saturated rings. The van der Waals surface area contributed by atoms with E-state index in [9.17, 15) is 4.79 Å². The molecular weight excluding hydrogens is 386 g/mol. The van der Waals surface area contributed by atoms with Crippen LogP contribution in [0.4, 0.5) is 0 Å².